The molecule has 33 heavy (non-hydrogen) atoms. The molecule has 1 saturated carbocycles. The standard InChI is InChI=1S/C29H30O4/c1-32-28-18-12-21(11-17-27(31)23-13-15-25(30)16-14-23)19-24(28)20-33-29-10-6-5-9-26(29)22-7-3-2-4-8-22/h5-6,9-19,22,30H,2-4,7-8,20H2,1H3/b17-11+. The van der Waals surface area contributed by atoms with Gasteiger partial charge >= 0.3 is 0 Å². The quantitative estimate of drug-likeness (QED) is 0.304. The molecule has 1 fully saturated rings. The number of hydrogen-bond acceptors (Lipinski definition) is 4. The van der Waals surface area contributed by atoms with Crippen LogP contribution in [-0.2, 0) is 6.61 Å². The minimum Gasteiger partial charge on any atom is -0.508 e. The minimum atomic E-state index is -0.120. The van der Waals surface area contributed by atoms with E-state index in [0.717, 1.165) is 22.6 Å². The molecule has 0 atom stereocenters. The molecule has 4 rings (SSSR count). The van der Waals surface area contributed by atoms with Gasteiger partial charge in [0.05, 0.1) is 7.11 Å². The lowest BCUT2D eigenvalue weighted by atomic mass is 9.84. The summed E-state index contributed by atoms with van der Waals surface area (Å²) in [5.41, 5.74) is 3.64. The van der Waals surface area contributed by atoms with Crippen LogP contribution in [0.15, 0.2) is 72.8 Å². The molecule has 0 amide bonds. The van der Waals surface area contributed by atoms with E-state index in [-0.39, 0.29) is 11.5 Å². The largest absolute Gasteiger partial charge is 0.508 e. The van der Waals surface area contributed by atoms with Crippen LogP contribution in [0.3, 0.4) is 0 Å². The molecule has 170 valence electrons. The van der Waals surface area contributed by atoms with Crippen LogP contribution in [0.1, 0.15) is 65.1 Å². The number of aromatic hydroxyl groups is 1. The predicted octanol–water partition coefficient (Wildman–Crippen LogP) is 6.92. The SMILES string of the molecule is COc1ccc(/C=C/C(=O)c2ccc(O)cc2)cc1COc1ccccc1C1CCCCC1. The van der Waals surface area contributed by atoms with Gasteiger partial charge in [-0.1, -0.05) is 49.6 Å². The van der Waals surface area contributed by atoms with Crippen molar-refractivity contribution in [1.29, 1.82) is 0 Å². The number of para-hydroxylation sites is 1. The summed E-state index contributed by atoms with van der Waals surface area (Å²) in [5, 5.41) is 9.40. The Hall–Kier alpha value is -3.53. The van der Waals surface area contributed by atoms with Crippen molar-refractivity contribution in [3.63, 3.8) is 0 Å². The Labute approximate surface area is 195 Å². The molecule has 0 aliphatic heterocycles. The highest BCUT2D eigenvalue weighted by Crippen LogP contribution is 2.37. The summed E-state index contributed by atoms with van der Waals surface area (Å²) in [7, 11) is 1.65. The van der Waals surface area contributed by atoms with E-state index in [9.17, 15) is 9.90 Å². The van der Waals surface area contributed by atoms with Crippen molar-refractivity contribution in [3.05, 3.63) is 95.1 Å². The van der Waals surface area contributed by atoms with E-state index in [1.165, 1.54) is 55.9 Å². The van der Waals surface area contributed by atoms with Gasteiger partial charge in [-0.05, 0) is 78.4 Å². The zero-order valence-corrected chi connectivity index (χ0v) is 19.0. The van der Waals surface area contributed by atoms with Crippen molar-refractivity contribution in [1.82, 2.24) is 0 Å². The average molecular weight is 443 g/mol. The first-order chi connectivity index (χ1) is 16.1. The molecule has 3 aromatic rings. The van der Waals surface area contributed by atoms with Gasteiger partial charge in [-0.25, -0.2) is 0 Å². The highest BCUT2D eigenvalue weighted by Gasteiger charge is 2.19. The summed E-state index contributed by atoms with van der Waals surface area (Å²) in [5.74, 6) is 2.28. The van der Waals surface area contributed by atoms with Crippen LogP contribution in [0.5, 0.6) is 17.2 Å². The number of ether oxygens (including phenoxy) is 2. The van der Waals surface area contributed by atoms with E-state index < -0.39 is 0 Å². The first-order valence-corrected chi connectivity index (χ1v) is 11.5. The topological polar surface area (TPSA) is 55.8 Å². The lowest BCUT2D eigenvalue weighted by Gasteiger charge is -2.24. The minimum absolute atomic E-state index is 0.120. The number of rotatable bonds is 8. The fourth-order valence-electron chi connectivity index (χ4n) is 4.43. The van der Waals surface area contributed by atoms with Gasteiger partial charge in [-0.15, -0.1) is 0 Å². The molecule has 0 spiro atoms. The average Bonchev–Trinajstić information content (AvgIpc) is 2.87. The van der Waals surface area contributed by atoms with Crippen molar-refractivity contribution in [2.45, 2.75) is 44.6 Å². The first kappa shape index (κ1) is 22.7. The van der Waals surface area contributed by atoms with Crippen molar-refractivity contribution in [3.8, 4) is 17.2 Å². The highest BCUT2D eigenvalue weighted by atomic mass is 16.5. The Morgan fingerprint density at radius 2 is 1.73 bits per heavy atom. The van der Waals surface area contributed by atoms with Crippen molar-refractivity contribution in [2.24, 2.45) is 0 Å². The Kier molecular flexibility index (Phi) is 7.46. The maximum atomic E-state index is 12.4. The van der Waals surface area contributed by atoms with Crippen molar-refractivity contribution < 1.29 is 19.4 Å². The zero-order valence-electron chi connectivity index (χ0n) is 19.0. The van der Waals surface area contributed by atoms with Gasteiger partial charge in [0.2, 0.25) is 0 Å². The number of phenolic OH excluding ortho intramolecular Hbond substituents is 1. The highest BCUT2D eigenvalue weighted by molar-refractivity contribution is 6.06. The monoisotopic (exact) mass is 442 g/mol. The molecule has 0 aromatic heterocycles. The van der Waals surface area contributed by atoms with Gasteiger partial charge in [0.1, 0.15) is 23.9 Å². The van der Waals surface area contributed by atoms with E-state index in [1.54, 1.807) is 25.3 Å². The molecule has 1 aliphatic carbocycles. The van der Waals surface area contributed by atoms with E-state index in [4.69, 9.17) is 9.47 Å². The third kappa shape index (κ3) is 5.83. The van der Waals surface area contributed by atoms with Crippen LogP contribution >= 0.6 is 0 Å². The lowest BCUT2D eigenvalue weighted by molar-refractivity contribution is 0.104. The number of carbonyl (C=O) groups is 1. The summed E-state index contributed by atoms with van der Waals surface area (Å²) < 4.78 is 11.8. The fourth-order valence-corrected chi connectivity index (χ4v) is 4.43. The summed E-state index contributed by atoms with van der Waals surface area (Å²) >= 11 is 0. The second-order valence-electron chi connectivity index (χ2n) is 8.48. The van der Waals surface area contributed by atoms with Crippen LogP contribution in [0.25, 0.3) is 6.08 Å². The third-order valence-electron chi connectivity index (χ3n) is 6.23. The third-order valence-corrected chi connectivity index (χ3v) is 6.23. The van der Waals surface area contributed by atoms with Crippen LogP contribution in [0.4, 0.5) is 0 Å². The second kappa shape index (κ2) is 10.9. The summed E-state index contributed by atoms with van der Waals surface area (Å²) in [6.45, 7) is 0.389. The summed E-state index contributed by atoms with van der Waals surface area (Å²) in [6, 6.07) is 20.4. The second-order valence-corrected chi connectivity index (χ2v) is 8.48. The molecule has 1 N–H and O–H groups in total. The van der Waals surface area contributed by atoms with Gasteiger partial charge in [0.25, 0.3) is 0 Å². The number of hydrogen-bond donors (Lipinski definition) is 1. The van der Waals surface area contributed by atoms with Gasteiger partial charge in [0.15, 0.2) is 5.78 Å². The predicted molar refractivity (Wildman–Crippen MR) is 131 cm³/mol. The summed E-state index contributed by atoms with van der Waals surface area (Å²) in [6.07, 6.45) is 9.66. The van der Waals surface area contributed by atoms with E-state index in [0.29, 0.717) is 18.1 Å². The Balaban J connectivity index is 1.49. The van der Waals surface area contributed by atoms with Gasteiger partial charge < -0.3 is 14.6 Å². The van der Waals surface area contributed by atoms with E-state index in [1.807, 2.05) is 24.3 Å². The lowest BCUT2D eigenvalue weighted by Crippen LogP contribution is -2.07. The normalized spacial score (nSPS) is 14.3. The Bertz CT molecular complexity index is 1110. The molecule has 0 bridgehead atoms. The number of methoxy groups -OCH3 is 1. The number of carbonyl (C=O) groups excluding carboxylic acids is 1. The van der Waals surface area contributed by atoms with Crippen LogP contribution in [0, 0.1) is 0 Å². The molecule has 0 unspecified atom stereocenters. The number of allylic oxidation sites excluding steroid dienone is 1. The Morgan fingerprint density at radius 1 is 0.970 bits per heavy atom. The van der Waals surface area contributed by atoms with Gasteiger partial charge in [-0.3, -0.25) is 4.79 Å². The number of phenols is 1. The molecule has 4 heteroatoms. The molecule has 0 radical (unpaired) electrons. The van der Waals surface area contributed by atoms with Gasteiger partial charge in [0, 0.05) is 11.1 Å². The molecule has 1 aliphatic rings. The number of ketones is 1. The van der Waals surface area contributed by atoms with E-state index >= 15 is 0 Å². The first-order valence-electron chi connectivity index (χ1n) is 11.5. The maximum absolute atomic E-state index is 12.4. The number of benzene rings is 3. The fraction of sp³-hybridized carbons (Fsp3) is 0.276. The molecule has 0 heterocycles. The molecule has 4 nitrogen and oxygen atoms in total. The molecular formula is C29H30O4. The van der Waals surface area contributed by atoms with Crippen LogP contribution in [-0.4, -0.2) is 18.0 Å². The smallest absolute Gasteiger partial charge is 0.185 e. The molecule has 3 aromatic carbocycles. The van der Waals surface area contributed by atoms with E-state index in [2.05, 4.69) is 18.2 Å². The Morgan fingerprint density at radius 3 is 2.48 bits per heavy atom. The maximum Gasteiger partial charge on any atom is 0.185 e. The molecule has 0 saturated heterocycles. The molecular weight excluding hydrogens is 412 g/mol. The van der Waals surface area contributed by atoms with Crippen LogP contribution in [0.2, 0.25) is 0 Å². The van der Waals surface area contributed by atoms with Gasteiger partial charge in [-0.2, -0.15) is 0 Å². The van der Waals surface area contributed by atoms with Crippen molar-refractivity contribution >= 4 is 11.9 Å². The summed E-state index contributed by atoms with van der Waals surface area (Å²) in [4.78, 5) is 12.4. The van der Waals surface area contributed by atoms with Crippen molar-refractivity contribution in [2.75, 3.05) is 7.11 Å². The zero-order chi connectivity index (χ0) is 23.0. The van der Waals surface area contributed by atoms with Crippen LogP contribution < -0.4 is 9.47 Å².